The number of hydroxylamine groups is 2. The highest BCUT2D eigenvalue weighted by molar-refractivity contribution is 5.79. The maximum atomic E-state index is 11.5. The zero-order chi connectivity index (χ0) is 11.6. The fourth-order valence-corrected chi connectivity index (χ4v) is 1.18. The summed E-state index contributed by atoms with van der Waals surface area (Å²) in [5.41, 5.74) is -0.661. The van der Waals surface area contributed by atoms with Gasteiger partial charge in [-0.2, -0.15) is 5.06 Å². The van der Waals surface area contributed by atoms with Gasteiger partial charge in [0.1, 0.15) is 5.60 Å². The van der Waals surface area contributed by atoms with Crippen molar-refractivity contribution < 1.29 is 24.3 Å². The van der Waals surface area contributed by atoms with E-state index in [1.54, 1.807) is 20.8 Å². The standard InChI is InChI=1S/C9H15NO5/c1-9(2,3)15-8(13)10-6(7(11)12)4-5-14-10/h6H,4-5H2,1-3H3,(H,11,12)/t6-/m1/s1. The molecule has 1 atom stereocenters. The average Bonchev–Trinajstić information content (AvgIpc) is 2.47. The Morgan fingerprint density at radius 2 is 2.07 bits per heavy atom. The van der Waals surface area contributed by atoms with E-state index in [2.05, 4.69) is 0 Å². The monoisotopic (exact) mass is 217 g/mol. The van der Waals surface area contributed by atoms with E-state index in [0.29, 0.717) is 0 Å². The van der Waals surface area contributed by atoms with Crippen LogP contribution in [0, 0.1) is 0 Å². The van der Waals surface area contributed by atoms with E-state index in [0.717, 1.165) is 5.06 Å². The van der Waals surface area contributed by atoms with Crippen LogP contribution < -0.4 is 0 Å². The number of carbonyl (C=O) groups is 2. The van der Waals surface area contributed by atoms with Crippen molar-refractivity contribution in [3.8, 4) is 0 Å². The predicted octanol–water partition coefficient (Wildman–Crippen LogP) is 1.01. The summed E-state index contributed by atoms with van der Waals surface area (Å²) in [6, 6.07) is -0.945. The molecular formula is C9H15NO5. The van der Waals surface area contributed by atoms with Gasteiger partial charge in [0.25, 0.3) is 0 Å². The van der Waals surface area contributed by atoms with E-state index in [-0.39, 0.29) is 13.0 Å². The lowest BCUT2D eigenvalue weighted by molar-refractivity contribution is -0.160. The number of rotatable bonds is 1. The van der Waals surface area contributed by atoms with E-state index >= 15 is 0 Å². The minimum atomic E-state index is -1.08. The Balaban J connectivity index is 2.63. The third-order valence-electron chi connectivity index (χ3n) is 1.76. The van der Waals surface area contributed by atoms with Crippen LogP contribution in [0.4, 0.5) is 4.79 Å². The van der Waals surface area contributed by atoms with Crippen LogP contribution in [-0.4, -0.2) is 40.5 Å². The lowest BCUT2D eigenvalue weighted by atomic mass is 10.2. The summed E-state index contributed by atoms with van der Waals surface area (Å²) in [5.74, 6) is -1.08. The number of nitrogens with zero attached hydrogens (tertiary/aromatic N) is 1. The molecule has 1 fully saturated rings. The highest BCUT2D eigenvalue weighted by atomic mass is 16.7. The van der Waals surface area contributed by atoms with Crippen molar-refractivity contribution in [3.05, 3.63) is 0 Å². The van der Waals surface area contributed by atoms with Crippen LogP contribution in [-0.2, 0) is 14.4 Å². The quantitative estimate of drug-likeness (QED) is 0.709. The van der Waals surface area contributed by atoms with Crippen molar-refractivity contribution in [1.29, 1.82) is 0 Å². The van der Waals surface area contributed by atoms with Gasteiger partial charge in [-0.15, -0.1) is 0 Å². The molecule has 1 amide bonds. The van der Waals surface area contributed by atoms with Gasteiger partial charge in [-0.25, -0.2) is 9.59 Å². The van der Waals surface area contributed by atoms with Gasteiger partial charge in [-0.05, 0) is 20.8 Å². The molecule has 6 nitrogen and oxygen atoms in total. The third-order valence-corrected chi connectivity index (χ3v) is 1.76. The summed E-state index contributed by atoms with van der Waals surface area (Å²) in [5, 5.41) is 9.59. The average molecular weight is 217 g/mol. The number of hydrogen-bond donors (Lipinski definition) is 1. The molecule has 15 heavy (non-hydrogen) atoms. The molecule has 1 rings (SSSR count). The molecule has 1 heterocycles. The number of carbonyl (C=O) groups excluding carboxylic acids is 1. The number of carboxylic acids is 1. The van der Waals surface area contributed by atoms with Gasteiger partial charge in [-0.1, -0.05) is 0 Å². The van der Waals surface area contributed by atoms with Gasteiger partial charge in [0, 0.05) is 6.42 Å². The van der Waals surface area contributed by atoms with Crippen LogP contribution in [0.1, 0.15) is 27.2 Å². The number of amides is 1. The Morgan fingerprint density at radius 3 is 2.53 bits per heavy atom. The van der Waals surface area contributed by atoms with Gasteiger partial charge in [0.15, 0.2) is 6.04 Å². The molecule has 0 bridgehead atoms. The van der Waals surface area contributed by atoms with Crippen LogP contribution in [0.3, 0.4) is 0 Å². The summed E-state index contributed by atoms with van der Waals surface area (Å²) in [7, 11) is 0. The topological polar surface area (TPSA) is 76.1 Å². The Morgan fingerprint density at radius 1 is 1.47 bits per heavy atom. The van der Waals surface area contributed by atoms with Crippen molar-refractivity contribution in [3.63, 3.8) is 0 Å². The largest absolute Gasteiger partial charge is 0.480 e. The molecule has 0 unspecified atom stereocenters. The zero-order valence-electron chi connectivity index (χ0n) is 9.02. The fraction of sp³-hybridized carbons (Fsp3) is 0.778. The molecule has 0 saturated carbocycles. The Kier molecular flexibility index (Phi) is 3.18. The number of carboxylic acid groups (broad SMARTS) is 1. The molecule has 0 aromatic rings. The third kappa shape index (κ3) is 3.09. The van der Waals surface area contributed by atoms with E-state index in [1.807, 2.05) is 0 Å². The predicted molar refractivity (Wildman–Crippen MR) is 50.1 cm³/mol. The Labute approximate surface area is 87.7 Å². The fourth-order valence-electron chi connectivity index (χ4n) is 1.18. The maximum absolute atomic E-state index is 11.5. The normalized spacial score (nSPS) is 21.5. The maximum Gasteiger partial charge on any atom is 0.435 e. The highest BCUT2D eigenvalue weighted by Crippen LogP contribution is 2.18. The molecule has 0 aromatic heterocycles. The first kappa shape index (κ1) is 11.8. The molecule has 0 aliphatic carbocycles. The van der Waals surface area contributed by atoms with Gasteiger partial charge < -0.3 is 9.84 Å². The number of hydrogen-bond acceptors (Lipinski definition) is 4. The van der Waals surface area contributed by atoms with Crippen LogP contribution in [0.2, 0.25) is 0 Å². The first-order valence-corrected chi connectivity index (χ1v) is 4.69. The van der Waals surface area contributed by atoms with Crippen molar-refractivity contribution in [2.24, 2.45) is 0 Å². The van der Waals surface area contributed by atoms with Gasteiger partial charge in [0.2, 0.25) is 0 Å². The summed E-state index contributed by atoms with van der Waals surface area (Å²) in [6.07, 6.45) is -0.471. The Hall–Kier alpha value is -1.30. The van der Waals surface area contributed by atoms with Crippen molar-refractivity contribution >= 4 is 12.1 Å². The molecule has 0 spiro atoms. The van der Waals surface area contributed by atoms with Gasteiger partial charge >= 0.3 is 12.1 Å². The zero-order valence-corrected chi connectivity index (χ0v) is 9.02. The smallest absolute Gasteiger partial charge is 0.435 e. The van der Waals surface area contributed by atoms with Crippen molar-refractivity contribution in [2.45, 2.75) is 38.8 Å². The second-order valence-electron chi connectivity index (χ2n) is 4.28. The van der Waals surface area contributed by atoms with Crippen LogP contribution in [0.25, 0.3) is 0 Å². The van der Waals surface area contributed by atoms with Gasteiger partial charge in [0.05, 0.1) is 6.61 Å². The second-order valence-corrected chi connectivity index (χ2v) is 4.28. The molecule has 0 aromatic carbocycles. The summed E-state index contributed by atoms with van der Waals surface area (Å²) < 4.78 is 5.00. The number of ether oxygens (including phenoxy) is 1. The molecule has 1 aliphatic rings. The van der Waals surface area contributed by atoms with E-state index < -0.39 is 23.7 Å². The van der Waals surface area contributed by atoms with Crippen LogP contribution in [0.15, 0.2) is 0 Å². The minimum Gasteiger partial charge on any atom is -0.480 e. The second kappa shape index (κ2) is 4.06. The Bertz CT molecular complexity index is 270. The molecular weight excluding hydrogens is 202 g/mol. The van der Waals surface area contributed by atoms with Crippen molar-refractivity contribution in [1.82, 2.24) is 5.06 Å². The summed E-state index contributed by atoms with van der Waals surface area (Å²) in [4.78, 5) is 27.2. The van der Waals surface area contributed by atoms with Crippen LogP contribution in [0.5, 0.6) is 0 Å². The van der Waals surface area contributed by atoms with E-state index in [4.69, 9.17) is 14.7 Å². The molecule has 1 saturated heterocycles. The lowest BCUT2D eigenvalue weighted by Crippen LogP contribution is -2.42. The van der Waals surface area contributed by atoms with E-state index in [1.165, 1.54) is 0 Å². The lowest BCUT2D eigenvalue weighted by Gasteiger charge is -2.25. The SMILES string of the molecule is CC(C)(C)OC(=O)N1OCC[C@@H]1C(=O)O. The van der Waals surface area contributed by atoms with Crippen molar-refractivity contribution in [2.75, 3.05) is 6.61 Å². The minimum absolute atomic E-state index is 0.218. The van der Waals surface area contributed by atoms with Crippen LogP contribution >= 0.6 is 0 Å². The summed E-state index contributed by atoms with van der Waals surface area (Å²) >= 11 is 0. The number of aliphatic carboxylic acids is 1. The molecule has 0 radical (unpaired) electrons. The van der Waals surface area contributed by atoms with Gasteiger partial charge in [-0.3, -0.25) is 4.84 Å². The highest BCUT2D eigenvalue weighted by Gasteiger charge is 2.38. The van der Waals surface area contributed by atoms with E-state index in [9.17, 15) is 9.59 Å². The first-order valence-electron chi connectivity index (χ1n) is 4.69. The molecule has 86 valence electrons. The summed E-state index contributed by atoms with van der Waals surface area (Å²) in [6.45, 7) is 5.33. The first-order chi connectivity index (χ1) is 6.81. The molecule has 1 N–H and O–H groups in total. The molecule has 6 heteroatoms. The molecule has 1 aliphatic heterocycles.